The van der Waals surface area contributed by atoms with Crippen LogP contribution in [0.3, 0.4) is 0 Å². The average Bonchev–Trinajstić information content (AvgIpc) is 2.38. The topological polar surface area (TPSA) is 46.3 Å². The molecule has 0 saturated carbocycles. The molecule has 104 valence electrons. The van der Waals surface area contributed by atoms with Crippen molar-refractivity contribution in [2.45, 2.75) is 25.8 Å². The molecule has 0 spiro atoms. The lowest BCUT2D eigenvalue weighted by Gasteiger charge is -2.35. The van der Waals surface area contributed by atoms with Crippen LogP contribution in [0.5, 0.6) is 0 Å². The van der Waals surface area contributed by atoms with Crippen molar-refractivity contribution in [3.05, 3.63) is 35.4 Å². The zero-order valence-electron chi connectivity index (χ0n) is 10.9. The minimum absolute atomic E-state index is 0.104. The lowest BCUT2D eigenvalue weighted by atomic mass is 9.94. The predicted octanol–water partition coefficient (Wildman–Crippen LogP) is 1.70. The van der Waals surface area contributed by atoms with Crippen molar-refractivity contribution in [3.8, 4) is 0 Å². The number of benzene rings is 1. The SMILES string of the molecule is CC1CN(C(=O)Cc2cccc(F)c2F)CCC1N. The molecule has 1 amide bonds. The van der Waals surface area contributed by atoms with E-state index in [4.69, 9.17) is 5.73 Å². The second-order valence-corrected chi connectivity index (χ2v) is 5.16. The van der Waals surface area contributed by atoms with Crippen molar-refractivity contribution in [2.75, 3.05) is 13.1 Å². The van der Waals surface area contributed by atoms with Crippen LogP contribution in [0.4, 0.5) is 8.78 Å². The molecule has 1 saturated heterocycles. The summed E-state index contributed by atoms with van der Waals surface area (Å²) in [5.74, 6) is -1.80. The van der Waals surface area contributed by atoms with Gasteiger partial charge in [0.25, 0.3) is 0 Å². The predicted molar refractivity (Wildman–Crippen MR) is 68.4 cm³/mol. The van der Waals surface area contributed by atoms with Gasteiger partial charge in [0.15, 0.2) is 11.6 Å². The van der Waals surface area contributed by atoms with Crippen LogP contribution in [0.1, 0.15) is 18.9 Å². The summed E-state index contributed by atoms with van der Waals surface area (Å²) in [4.78, 5) is 13.8. The Balaban J connectivity index is 2.03. The highest BCUT2D eigenvalue weighted by Gasteiger charge is 2.26. The summed E-state index contributed by atoms with van der Waals surface area (Å²) in [6, 6.07) is 4.01. The van der Waals surface area contributed by atoms with E-state index in [1.54, 1.807) is 4.90 Å². The highest BCUT2D eigenvalue weighted by atomic mass is 19.2. The molecule has 2 unspecified atom stereocenters. The molecule has 0 radical (unpaired) electrons. The number of nitrogens with two attached hydrogens (primary N) is 1. The molecule has 1 aromatic carbocycles. The normalized spacial score (nSPS) is 23.5. The van der Waals surface area contributed by atoms with E-state index in [9.17, 15) is 13.6 Å². The van der Waals surface area contributed by atoms with Gasteiger partial charge in [-0.05, 0) is 18.4 Å². The van der Waals surface area contributed by atoms with Gasteiger partial charge in [-0.3, -0.25) is 4.79 Å². The Morgan fingerprint density at radius 3 is 2.89 bits per heavy atom. The summed E-state index contributed by atoms with van der Waals surface area (Å²) in [7, 11) is 0. The minimum Gasteiger partial charge on any atom is -0.342 e. The maximum absolute atomic E-state index is 13.5. The number of hydrogen-bond donors (Lipinski definition) is 1. The third kappa shape index (κ3) is 3.10. The summed E-state index contributed by atoms with van der Waals surface area (Å²) in [5, 5.41) is 0. The van der Waals surface area contributed by atoms with Crippen LogP contribution in [0.2, 0.25) is 0 Å². The van der Waals surface area contributed by atoms with Crippen LogP contribution >= 0.6 is 0 Å². The third-order valence-corrected chi connectivity index (χ3v) is 3.70. The van der Waals surface area contributed by atoms with Gasteiger partial charge in [0, 0.05) is 24.7 Å². The quantitative estimate of drug-likeness (QED) is 0.887. The van der Waals surface area contributed by atoms with E-state index in [1.165, 1.54) is 12.1 Å². The number of hydrogen-bond acceptors (Lipinski definition) is 2. The molecule has 2 rings (SSSR count). The summed E-state index contributed by atoms with van der Waals surface area (Å²) < 4.78 is 26.6. The second kappa shape index (κ2) is 5.65. The van der Waals surface area contributed by atoms with Crippen LogP contribution in [0.25, 0.3) is 0 Å². The first-order valence-corrected chi connectivity index (χ1v) is 6.45. The largest absolute Gasteiger partial charge is 0.342 e. The Labute approximate surface area is 111 Å². The number of rotatable bonds is 2. The Kier molecular flexibility index (Phi) is 4.14. The zero-order valence-corrected chi connectivity index (χ0v) is 10.9. The number of amides is 1. The summed E-state index contributed by atoms with van der Waals surface area (Å²) >= 11 is 0. The standard InChI is InChI=1S/C14H18F2N2O/c1-9-8-18(6-5-12(9)17)13(19)7-10-3-2-4-11(15)14(10)16/h2-4,9,12H,5-8,17H2,1H3. The molecular formula is C14H18F2N2O. The molecule has 3 nitrogen and oxygen atoms in total. The molecule has 1 aliphatic heterocycles. The summed E-state index contributed by atoms with van der Waals surface area (Å²) in [6.45, 7) is 3.16. The molecule has 0 aromatic heterocycles. The van der Waals surface area contributed by atoms with Gasteiger partial charge < -0.3 is 10.6 Å². The van der Waals surface area contributed by atoms with E-state index < -0.39 is 11.6 Å². The number of carbonyl (C=O) groups is 1. The van der Waals surface area contributed by atoms with E-state index in [-0.39, 0.29) is 29.9 Å². The van der Waals surface area contributed by atoms with Gasteiger partial charge in [0.2, 0.25) is 5.91 Å². The molecule has 19 heavy (non-hydrogen) atoms. The number of nitrogens with zero attached hydrogens (tertiary/aromatic N) is 1. The first-order valence-electron chi connectivity index (χ1n) is 6.45. The lowest BCUT2D eigenvalue weighted by molar-refractivity contribution is -0.132. The van der Waals surface area contributed by atoms with Crippen molar-refractivity contribution in [1.29, 1.82) is 0 Å². The minimum atomic E-state index is -0.933. The first-order chi connectivity index (χ1) is 8.99. The van der Waals surface area contributed by atoms with Gasteiger partial charge in [-0.25, -0.2) is 8.78 Å². The van der Waals surface area contributed by atoms with Gasteiger partial charge in [-0.15, -0.1) is 0 Å². The highest BCUT2D eigenvalue weighted by molar-refractivity contribution is 5.79. The second-order valence-electron chi connectivity index (χ2n) is 5.16. The fourth-order valence-electron chi connectivity index (χ4n) is 2.35. The van der Waals surface area contributed by atoms with Gasteiger partial charge in [0.05, 0.1) is 6.42 Å². The maximum Gasteiger partial charge on any atom is 0.227 e. The first kappa shape index (κ1) is 13.9. The molecule has 1 aromatic rings. The van der Waals surface area contributed by atoms with Crippen molar-refractivity contribution in [1.82, 2.24) is 4.90 Å². The van der Waals surface area contributed by atoms with Gasteiger partial charge in [-0.1, -0.05) is 19.1 Å². The van der Waals surface area contributed by atoms with Crippen LogP contribution in [0, 0.1) is 17.6 Å². The molecule has 1 heterocycles. The Bertz CT molecular complexity index is 479. The van der Waals surface area contributed by atoms with Crippen LogP contribution in [-0.2, 0) is 11.2 Å². The smallest absolute Gasteiger partial charge is 0.227 e. The number of piperidine rings is 1. The van der Waals surface area contributed by atoms with E-state index in [2.05, 4.69) is 0 Å². The van der Waals surface area contributed by atoms with E-state index >= 15 is 0 Å². The highest BCUT2D eigenvalue weighted by Crippen LogP contribution is 2.18. The molecule has 5 heteroatoms. The van der Waals surface area contributed by atoms with Crippen molar-refractivity contribution >= 4 is 5.91 Å². The van der Waals surface area contributed by atoms with Crippen molar-refractivity contribution < 1.29 is 13.6 Å². The third-order valence-electron chi connectivity index (χ3n) is 3.70. The van der Waals surface area contributed by atoms with Crippen molar-refractivity contribution in [2.24, 2.45) is 11.7 Å². The van der Waals surface area contributed by atoms with E-state index in [0.29, 0.717) is 13.1 Å². The number of carbonyl (C=O) groups excluding carboxylic acids is 1. The fourth-order valence-corrected chi connectivity index (χ4v) is 2.35. The van der Waals surface area contributed by atoms with Crippen LogP contribution in [-0.4, -0.2) is 29.9 Å². The van der Waals surface area contributed by atoms with Gasteiger partial charge >= 0.3 is 0 Å². The molecule has 0 aliphatic carbocycles. The Morgan fingerprint density at radius 2 is 2.21 bits per heavy atom. The van der Waals surface area contributed by atoms with Gasteiger partial charge in [0.1, 0.15) is 0 Å². The zero-order chi connectivity index (χ0) is 14.0. The number of likely N-dealkylation sites (tertiary alicyclic amines) is 1. The summed E-state index contributed by atoms with van der Waals surface area (Å²) in [5.41, 5.74) is 5.99. The van der Waals surface area contributed by atoms with Crippen LogP contribution in [0.15, 0.2) is 18.2 Å². The van der Waals surface area contributed by atoms with Crippen molar-refractivity contribution in [3.63, 3.8) is 0 Å². The number of halogens is 2. The summed E-state index contributed by atoms with van der Waals surface area (Å²) in [6.07, 6.45) is 0.643. The lowest BCUT2D eigenvalue weighted by Crippen LogP contribution is -2.48. The molecule has 1 aliphatic rings. The Morgan fingerprint density at radius 1 is 1.47 bits per heavy atom. The Hall–Kier alpha value is -1.49. The molecule has 0 bridgehead atoms. The van der Waals surface area contributed by atoms with E-state index in [1.807, 2.05) is 6.92 Å². The molecule has 1 fully saturated rings. The monoisotopic (exact) mass is 268 g/mol. The van der Waals surface area contributed by atoms with Gasteiger partial charge in [-0.2, -0.15) is 0 Å². The fraction of sp³-hybridized carbons (Fsp3) is 0.500. The maximum atomic E-state index is 13.5. The molecule has 2 atom stereocenters. The van der Waals surface area contributed by atoms with Crippen LogP contribution < -0.4 is 5.73 Å². The average molecular weight is 268 g/mol. The van der Waals surface area contributed by atoms with E-state index in [0.717, 1.165) is 12.5 Å². The molecular weight excluding hydrogens is 250 g/mol. The molecule has 2 N–H and O–H groups in total.